The van der Waals surface area contributed by atoms with E-state index in [2.05, 4.69) is 20.4 Å². The molecule has 0 saturated carbocycles. The molecule has 1 unspecified atom stereocenters. The minimum atomic E-state index is -1.20. The number of thioether (sulfide) groups is 1. The Balaban J connectivity index is 0.975. The van der Waals surface area contributed by atoms with Gasteiger partial charge in [0.05, 0.1) is 40.7 Å². The van der Waals surface area contributed by atoms with E-state index in [4.69, 9.17) is 46.7 Å². The third kappa shape index (κ3) is 11.0. The molecule has 0 aliphatic carbocycles. The van der Waals surface area contributed by atoms with E-state index in [-0.39, 0.29) is 73.7 Å². The number of nitrogens with zero attached hydrogens (tertiary/aromatic N) is 11. The first kappa shape index (κ1) is 54.5. The van der Waals surface area contributed by atoms with Crippen LogP contribution in [0, 0.1) is 19.8 Å². The average molecular weight is 1100 g/mol. The van der Waals surface area contributed by atoms with Crippen LogP contribution in [0.1, 0.15) is 80.0 Å². The van der Waals surface area contributed by atoms with E-state index in [1.54, 1.807) is 39.4 Å². The van der Waals surface area contributed by atoms with E-state index in [9.17, 15) is 33.6 Å². The van der Waals surface area contributed by atoms with Crippen LogP contribution in [0.5, 0.6) is 11.5 Å². The number of carbonyl (C=O) groups is 7. The summed E-state index contributed by atoms with van der Waals surface area (Å²) < 4.78 is 17.7. The van der Waals surface area contributed by atoms with Crippen LogP contribution >= 0.6 is 23.1 Å². The van der Waals surface area contributed by atoms with Gasteiger partial charge in [0, 0.05) is 86.0 Å². The molecule has 27 heteroatoms. The van der Waals surface area contributed by atoms with Crippen LogP contribution < -0.4 is 32.0 Å². The summed E-state index contributed by atoms with van der Waals surface area (Å²) in [6, 6.07) is 5.15. The van der Waals surface area contributed by atoms with Crippen LogP contribution in [0.25, 0.3) is 44.6 Å². The standard InChI is InChI=1S/C51H57N15O10S2/c1-6-33-42(78-26(4)57-33)48(71)60-51-58-34-17-29(44(54)70)18-35(75-5)41(34)65(51)13-9-8-12-64-40-30(31-21-55-45(59-46(31)64)47-56-25(3)61-66(47)7-2)16-28(43(53)69)19-36(40)76-15-11-27-22-62(23-27)38(67)10-14-63-39(68)20-37(49(63)72)77-24-32(52)50(73)74/h8-9,16-19,21,27,32,37H,6-7,10-15,20,22-24,52H2,1-5H3,(H2,53,69)(H2,54,70)(H,73,74)(H,58,60,71)/b9-8+/t32-,37?/m0/s1. The number of allylic oxidation sites excluding steroid dienone is 2. The Morgan fingerprint density at radius 2 is 1.65 bits per heavy atom. The number of carbonyl (C=O) groups excluding carboxylic acids is 6. The first-order valence-electron chi connectivity index (χ1n) is 25.1. The number of primary amides is 2. The number of aromatic nitrogens is 9. The number of benzene rings is 2. The lowest BCUT2D eigenvalue weighted by molar-refractivity contribution is -0.142. The number of imidazole rings is 1. The van der Waals surface area contributed by atoms with E-state index in [1.807, 2.05) is 37.5 Å². The number of ether oxygens (including phenoxy) is 2. The number of fused-ring (bicyclic) bond motifs is 4. The fourth-order valence-electron chi connectivity index (χ4n) is 9.52. The molecule has 2 aromatic carbocycles. The zero-order valence-corrected chi connectivity index (χ0v) is 45.0. The molecule has 25 nitrogen and oxygen atoms in total. The van der Waals surface area contributed by atoms with E-state index in [0.717, 1.165) is 21.7 Å². The van der Waals surface area contributed by atoms with Crippen molar-refractivity contribution in [1.29, 1.82) is 0 Å². The molecule has 6 amide bonds. The zero-order chi connectivity index (χ0) is 55.7. The molecule has 9 rings (SSSR count). The van der Waals surface area contributed by atoms with Crippen molar-refractivity contribution < 1.29 is 48.1 Å². The van der Waals surface area contributed by atoms with Gasteiger partial charge in [-0.2, -0.15) is 5.10 Å². The van der Waals surface area contributed by atoms with E-state index in [0.29, 0.717) is 105 Å². The number of anilines is 1. The van der Waals surface area contributed by atoms with Crippen LogP contribution in [0.2, 0.25) is 0 Å². The average Bonchev–Trinajstić information content (AvgIpc) is 4.29. The van der Waals surface area contributed by atoms with Crippen LogP contribution in [0.4, 0.5) is 5.95 Å². The number of likely N-dealkylation sites (tertiary alicyclic amines) is 2. The van der Waals surface area contributed by atoms with Crippen molar-refractivity contribution >= 4 is 103 Å². The zero-order valence-electron chi connectivity index (χ0n) is 43.3. The minimum absolute atomic E-state index is 0.0285. The van der Waals surface area contributed by atoms with Gasteiger partial charge in [-0.25, -0.2) is 29.6 Å². The number of carboxylic acids is 1. The van der Waals surface area contributed by atoms with Gasteiger partial charge in [0.15, 0.2) is 11.6 Å². The van der Waals surface area contributed by atoms with Crippen molar-refractivity contribution in [3.63, 3.8) is 0 Å². The van der Waals surface area contributed by atoms with Crippen LogP contribution in [0.15, 0.2) is 42.6 Å². The summed E-state index contributed by atoms with van der Waals surface area (Å²) in [6.45, 7) is 9.31. The van der Waals surface area contributed by atoms with Gasteiger partial charge in [0.25, 0.3) is 5.91 Å². The number of carboxylic acid groups (broad SMARTS) is 1. The number of nitrogens with two attached hydrogens (primary N) is 3. The van der Waals surface area contributed by atoms with Gasteiger partial charge >= 0.3 is 5.97 Å². The van der Waals surface area contributed by atoms with Crippen molar-refractivity contribution in [1.82, 2.24) is 53.6 Å². The highest BCUT2D eigenvalue weighted by Gasteiger charge is 2.40. The Morgan fingerprint density at radius 1 is 0.936 bits per heavy atom. The predicted octanol–water partition coefficient (Wildman–Crippen LogP) is 3.45. The van der Waals surface area contributed by atoms with Crippen molar-refractivity contribution in [2.75, 3.05) is 44.4 Å². The number of aliphatic carboxylic acids is 1. The van der Waals surface area contributed by atoms with Gasteiger partial charge in [-0.05, 0) is 63.8 Å². The molecular weight excluding hydrogens is 1050 g/mol. The number of aryl methyl sites for hydroxylation is 4. The van der Waals surface area contributed by atoms with Crippen LogP contribution in [-0.2, 0) is 45.2 Å². The number of imide groups is 1. The summed E-state index contributed by atoms with van der Waals surface area (Å²) in [6.07, 6.45) is 6.39. The van der Waals surface area contributed by atoms with Crippen LogP contribution in [0.3, 0.4) is 0 Å². The molecule has 8 N–H and O–H groups in total. The second kappa shape index (κ2) is 22.7. The largest absolute Gasteiger partial charge is 0.494 e. The maximum absolute atomic E-state index is 13.8. The summed E-state index contributed by atoms with van der Waals surface area (Å²) in [5, 5.41) is 17.7. The normalized spacial score (nSPS) is 15.3. The monoisotopic (exact) mass is 1100 g/mol. The fourth-order valence-corrected chi connectivity index (χ4v) is 11.5. The smallest absolute Gasteiger partial charge is 0.321 e. The Kier molecular flexibility index (Phi) is 15.9. The third-order valence-electron chi connectivity index (χ3n) is 13.5. The molecule has 5 aromatic heterocycles. The summed E-state index contributed by atoms with van der Waals surface area (Å²) in [5.74, 6) is -1.86. The summed E-state index contributed by atoms with van der Waals surface area (Å²) >= 11 is 2.30. The number of hydrogen-bond acceptors (Lipinski definition) is 18. The van der Waals surface area contributed by atoms with Gasteiger partial charge in [-0.15, -0.1) is 23.1 Å². The Bertz CT molecular complexity index is 3600. The number of thiazole rings is 1. The first-order chi connectivity index (χ1) is 37.4. The summed E-state index contributed by atoms with van der Waals surface area (Å²) in [4.78, 5) is 116. The number of methoxy groups -OCH3 is 1. The number of hydrogen-bond donors (Lipinski definition) is 5. The minimum Gasteiger partial charge on any atom is -0.494 e. The Morgan fingerprint density at radius 3 is 2.35 bits per heavy atom. The summed E-state index contributed by atoms with van der Waals surface area (Å²) in [5.41, 5.74) is 20.1. The molecule has 0 spiro atoms. The van der Waals surface area contributed by atoms with E-state index >= 15 is 0 Å². The molecule has 408 valence electrons. The number of nitrogens with one attached hydrogen (secondary N) is 1. The fraction of sp³-hybridized carbons (Fsp3) is 0.392. The Labute approximate surface area is 453 Å². The lowest BCUT2D eigenvalue weighted by Gasteiger charge is -2.39. The van der Waals surface area contributed by atoms with Crippen molar-refractivity contribution in [3.8, 4) is 23.1 Å². The lowest BCUT2D eigenvalue weighted by Crippen LogP contribution is -2.51. The molecule has 7 aromatic rings. The molecule has 7 heterocycles. The Hall–Kier alpha value is -8.30. The van der Waals surface area contributed by atoms with Gasteiger partial charge in [0.1, 0.15) is 39.4 Å². The number of rotatable bonds is 23. The van der Waals surface area contributed by atoms with Gasteiger partial charge < -0.3 is 45.8 Å². The van der Waals surface area contributed by atoms with E-state index < -0.39 is 46.8 Å². The quantitative estimate of drug-likeness (QED) is 0.0452. The SMILES string of the molecule is CCc1nc(C)sc1C(=O)Nc1nc2cc(C(N)=O)cc(OC)c2n1C/C=C/Cn1c2nc(-c3nc(C)nn3CC)ncc2c2cc(C(N)=O)cc(OCCC3CN(C(=O)CCN4C(=O)CC(SC[C@H](N)C(=O)O)C4=O)C3)c21. The highest BCUT2D eigenvalue weighted by atomic mass is 32.2. The highest BCUT2D eigenvalue weighted by molar-refractivity contribution is 8.00. The maximum Gasteiger partial charge on any atom is 0.321 e. The molecular formula is C51H57N15O10S2. The van der Waals surface area contributed by atoms with E-state index in [1.165, 1.54) is 30.6 Å². The first-order valence-corrected chi connectivity index (χ1v) is 26.9. The predicted molar refractivity (Wildman–Crippen MR) is 289 cm³/mol. The third-order valence-corrected chi connectivity index (χ3v) is 15.8. The molecule has 2 saturated heterocycles. The molecule has 2 fully saturated rings. The van der Waals surface area contributed by atoms with Crippen molar-refractivity contribution in [2.45, 2.75) is 84.3 Å². The molecule has 0 radical (unpaired) electrons. The topological polar surface area (TPSA) is 347 Å². The molecule has 2 atom stereocenters. The molecule has 0 bridgehead atoms. The van der Waals surface area contributed by atoms with Crippen molar-refractivity contribution in [3.05, 3.63) is 75.1 Å². The molecule has 2 aliphatic rings. The van der Waals surface area contributed by atoms with Crippen molar-refractivity contribution in [2.24, 2.45) is 23.1 Å². The maximum atomic E-state index is 13.8. The molecule has 78 heavy (non-hydrogen) atoms. The van der Waals surface area contributed by atoms with Crippen LogP contribution in [-0.4, -0.2) is 151 Å². The lowest BCUT2D eigenvalue weighted by atomic mass is 9.96. The number of amides is 6. The highest BCUT2D eigenvalue weighted by Crippen LogP contribution is 2.38. The van der Waals surface area contributed by atoms with Gasteiger partial charge in [-0.3, -0.25) is 43.8 Å². The second-order valence-corrected chi connectivity index (χ2v) is 21.2. The van der Waals surface area contributed by atoms with Gasteiger partial charge in [0.2, 0.25) is 35.5 Å². The molecule has 2 aliphatic heterocycles. The second-order valence-electron chi connectivity index (χ2n) is 18.7. The van der Waals surface area contributed by atoms with Gasteiger partial charge in [-0.1, -0.05) is 19.1 Å². The summed E-state index contributed by atoms with van der Waals surface area (Å²) in [7, 11) is 1.46.